The zero-order valence-electron chi connectivity index (χ0n) is 19.9. The summed E-state index contributed by atoms with van der Waals surface area (Å²) in [5, 5.41) is 3.97. The summed E-state index contributed by atoms with van der Waals surface area (Å²) in [6.45, 7) is 2.23. The first kappa shape index (κ1) is 26.6. The van der Waals surface area contributed by atoms with E-state index in [1.54, 1.807) is 29.2 Å². The molecule has 3 N–H and O–H groups in total. The van der Waals surface area contributed by atoms with Gasteiger partial charge in [-0.25, -0.2) is 8.42 Å². The highest BCUT2D eigenvalue weighted by atomic mass is 32.2. The topological polar surface area (TPSA) is 119 Å². The van der Waals surface area contributed by atoms with Crippen molar-refractivity contribution in [2.45, 2.75) is 31.3 Å². The monoisotopic (exact) mass is 499 g/mol. The number of ether oxygens (including phenoxy) is 1. The van der Waals surface area contributed by atoms with Gasteiger partial charge in [-0.3, -0.25) is 9.59 Å². The van der Waals surface area contributed by atoms with Crippen molar-refractivity contribution in [1.29, 1.82) is 0 Å². The summed E-state index contributed by atoms with van der Waals surface area (Å²) in [5.41, 5.74) is 8.67. The van der Waals surface area contributed by atoms with E-state index in [2.05, 4.69) is 5.32 Å². The number of carbonyl (C=O) groups is 2. The third-order valence-corrected chi connectivity index (χ3v) is 6.42. The van der Waals surface area contributed by atoms with Gasteiger partial charge < -0.3 is 20.7 Å². The Bertz CT molecular complexity index is 1110. The highest BCUT2D eigenvalue weighted by Crippen LogP contribution is 2.12. The van der Waals surface area contributed by atoms with Gasteiger partial charge in [0, 0.05) is 36.4 Å². The van der Waals surface area contributed by atoms with Gasteiger partial charge in [0.1, 0.15) is 0 Å². The summed E-state index contributed by atoms with van der Waals surface area (Å²) < 4.78 is 28.5. The second-order valence-electron chi connectivity index (χ2n) is 8.71. The van der Waals surface area contributed by atoms with Crippen LogP contribution >= 0.6 is 0 Å². The molecule has 0 unspecified atom stereocenters. The van der Waals surface area contributed by atoms with Crippen LogP contribution in [0.2, 0.25) is 0 Å². The fraction of sp³-hybridized carbons (Fsp3) is 0.385. The molecule has 2 aromatic rings. The Kier molecular flexibility index (Phi) is 9.59. The molecule has 0 bridgehead atoms. The highest BCUT2D eigenvalue weighted by Gasteiger charge is 2.20. The molecule has 35 heavy (non-hydrogen) atoms. The number of nitrogens with zero attached hydrogens (tertiary/aromatic N) is 1. The molecular formula is C26H33N3O5S. The number of carbonyl (C=O) groups excluding carboxylic acids is 2. The third kappa shape index (κ3) is 8.93. The molecule has 0 aliphatic carbocycles. The van der Waals surface area contributed by atoms with Gasteiger partial charge >= 0.3 is 0 Å². The quantitative estimate of drug-likeness (QED) is 0.514. The van der Waals surface area contributed by atoms with E-state index >= 15 is 0 Å². The van der Waals surface area contributed by atoms with Crippen LogP contribution in [-0.4, -0.2) is 69.8 Å². The summed E-state index contributed by atoms with van der Waals surface area (Å²) in [5.74, 6) is -0.407. The fourth-order valence-electron chi connectivity index (χ4n) is 3.79. The van der Waals surface area contributed by atoms with Crippen LogP contribution in [0.1, 0.15) is 27.9 Å². The van der Waals surface area contributed by atoms with Gasteiger partial charge in [-0.1, -0.05) is 48.5 Å². The molecule has 1 aliphatic heterocycles. The van der Waals surface area contributed by atoms with Crippen LogP contribution in [-0.2, 0) is 32.2 Å². The van der Waals surface area contributed by atoms with Gasteiger partial charge in [-0.2, -0.15) is 0 Å². The zero-order valence-corrected chi connectivity index (χ0v) is 20.7. The first-order chi connectivity index (χ1) is 16.7. The number of sulfone groups is 1. The molecule has 0 aromatic heterocycles. The molecule has 1 saturated heterocycles. The van der Waals surface area contributed by atoms with E-state index in [4.69, 9.17) is 10.5 Å². The number of morpholine rings is 1. The lowest BCUT2D eigenvalue weighted by Gasteiger charge is -2.26. The van der Waals surface area contributed by atoms with Crippen molar-refractivity contribution in [3.05, 3.63) is 82.8 Å². The molecule has 2 atom stereocenters. The van der Waals surface area contributed by atoms with E-state index in [9.17, 15) is 18.0 Å². The van der Waals surface area contributed by atoms with Crippen molar-refractivity contribution in [3.63, 3.8) is 0 Å². The van der Waals surface area contributed by atoms with Crippen LogP contribution in [0.5, 0.6) is 0 Å². The van der Waals surface area contributed by atoms with Crippen molar-refractivity contribution in [2.24, 2.45) is 5.73 Å². The van der Waals surface area contributed by atoms with Gasteiger partial charge in [-0.05, 0) is 42.5 Å². The first-order valence-corrected chi connectivity index (χ1v) is 13.6. The molecule has 188 valence electrons. The first-order valence-electron chi connectivity index (χ1n) is 11.7. The molecule has 3 rings (SSSR count). The minimum Gasteiger partial charge on any atom is -0.378 e. The number of rotatable bonds is 10. The summed E-state index contributed by atoms with van der Waals surface area (Å²) >= 11 is 0. The average Bonchev–Trinajstić information content (AvgIpc) is 2.86. The number of benzene rings is 2. The summed E-state index contributed by atoms with van der Waals surface area (Å²) in [4.78, 5) is 27.1. The molecule has 1 heterocycles. The Morgan fingerprint density at radius 3 is 2.34 bits per heavy atom. The normalized spacial score (nSPS) is 16.1. The van der Waals surface area contributed by atoms with E-state index in [0.717, 1.165) is 22.8 Å². The smallest absolute Gasteiger partial charge is 0.254 e. The number of nitrogens with one attached hydrogen (secondary N) is 1. The molecule has 8 nitrogen and oxygen atoms in total. The van der Waals surface area contributed by atoms with Gasteiger partial charge in [0.05, 0.1) is 19.3 Å². The third-order valence-electron chi connectivity index (χ3n) is 5.76. The van der Waals surface area contributed by atoms with Gasteiger partial charge in [0.2, 0.25) is 5.91 Å². The lowest BCUT2D eigenvalue weighted by Crippen LogP contribution is -2.46. The summed E-state index contributed by atoms with van der Waals surface area (Å²) in [6, 6.07) is 15.6. The maximum Gasteiger partial charge on any atom is 0.254 e. The lowest BCUT2D eigenvalue weighted by molar-refractivity contribution is -0.122. The fourth-order valence-corrected chi connectivity index (χ4v) is 4.26. The summed E-state index contributed by atoms with van der Waals surface area (Å²) in [7, 11) is -3.33. The Morgan fingerprint density at radius 2 is 1.71 bits per heavy atom. The molecule has 2 aromatic carbocycles. The SMILES string of the molecule is CS(=O)(=O)/C=C/[C@H](CCc1ccccc1)NC(=O)[C@@H](N)Cc1ccc(C(=O)N2CCOCC2)cc1. The van der Waals surface area contributed by atoms with Crippen molar-refractivity contribution >= 4 is 21.7 Å². The zero-order chi connectivity index (χ0) is 25.3. The van der Waals surface area contributed by atoms with Crippen molar-refractivity contribution < 1.29 is 22.7 Å². The van der Waals surface area contributed by atoms with Gasteiger partial charge in [-0.15, -0.1) is 0 Å². The van der Waals surface area contributed by atoms with Crippen LogP contribution in [0.3, 0.4) is 0 Å². The molecule has 2 amide bonds. The molecule has 9 heteroatoms. The highest BCUT2D eigenvalue weighted by molar-refractivity contribution is 7.93. The van der Waals surface area contributed by atoms with Crippen LogP contribution in [0, 0.1) is 0 Å². The van der Waals surface area contributed by atoms with Crippen LogP contribution in [0.15, 0.2) is 66.1 Å². The Labute approximate surface area is 207 Å². The molecule has 1 fully saturated rings. The molecule has 0 radical (unpaired) electrons. The second-order valence-corrected chi connectivity index (χ2v) is 10.6. The van der Waals surface area contributed by atoms with Gasteiger partial charge in [0.25, 0.3) is 5.91 Å². The molecule has 0 spiro atoms. The number of amides is 2. The summed E-state index contributed by atoms with van der Waals surface area (Å²) in [6.07, 6.45) is 4.10. The van der Waals surface area contributed by atoms with E-state index in [0.29, 0.717) is 51.1 Å². The molecule has 1 aliphatic rings. The van der Waals surface area contributed by atoms with Crippen molar-refractivity contribution in [3.8, 4) is 0 Å². The Hall–Kier alpha value is -3.01. The average molecular weight is 500 g/mol. The predicted molar refractivity (Wildman–Crippen MR) is 136 cm³/mol. The van der Waals surface area contributed by atoms with Crippen molar-refractivity contribution in [1.82, 2.24) is 10.2 Å². The number of hydrogen-bond acceptors (Lipinski definition) is 6. The number of nitrogens with two attached hydrogens (primary N) is 1. The van der Waals surface area contributed by atoms with Gasteiger partial charge in [0.15, 0.2) is 9.84 Å². The van der Waals surface area contributed by atoms with Crippen LogP contribution in [0.4, 0.5) is 0 Å². The van der Waals surface area contributed by atoms with E-state index < -0.39 is 21.9 Å². The largest absolute Gasteiger partial charge is 0.378 e. The second kappa shape index (κ2) is 12.6. The van der Waals surface area contributed by atoms with Crippen LogP contribution in [0.25, 0.3) is 0 Å². The lowest BCUT2D eigenvalue weighted by atomic mass is 10.0. The minimum absolute atomic E-state index is 0.0409. The van der Waals surface area contributed by atoms with E-state index in [1.165, 1.54) is 6.08 Å². The minimum atomic E-state index is -3.33. The maximum absolute atomic E-state index is 12.8. The van der Waals surface area contributed by atoms with E-state index in [1.807, 2.05) is 30.3 Å². The maximum atomic E-state index is 12.8. The number of hydrogen-bond donors (Lipinski definition) is 2. The standard InChI is InChI=1S/C26H33N3O5S/c1-35(32,33)18-13-23(12-9-20-5-3-2-4-6-20)28-25(30)24(27)19-21-7-10-22(11-8-21)26(31)29-14-16-34-17-15-29/h2-8,10-11,13,18,23-24H,9,12,14-17,19,27H2,1H3,(H,28,30)/b18-13+/t23-,24-/m0/s1. The van der Waals surface area contributed by atoms with E-state index in [-0.39, 0.29) is 11.8 Å². The Balaban J connectivity index is 1.58. The number of aryl methyl sites for hydroxylation is 1. The molecular weight excluding hydrogens is 466 g/mol. The predicted octanol–water partition coefficient (Wildman–Crippen LogP) is 1.70. The Morgan fingerprint density at radius 1 is 1.06 bits per heavy atom. The van der Waals surface area contributed by atoms with Crippen molar-refractivity contribution in [2.75, 3.05) is 32.6 Å². The molecule has 0 saturated carbocycles. The van der Waals surface area contributed by atoms with Crippen LogP contribution < -0.4 is 11.1 Å².